The van der Waals surface area contributed by atoms with Gasteiger partial charge in [-0.25, -0.2) is 18.6 Å². The zero-order valence-electron chi connectivity index (χ0n) is 22.5. The maximum atomic E-state index is 14.6. The first-order chi connectivity index (χ1) is 18.7. The van der Waals surface area contributed by atoms with Gasteiger partial charge in [0.25, 0.3) is 0 Å². The molecule has 0 bridgehead atoms. The fourth-order valence-corrected chi connectivity index (χ4v) is 6.28. The smallest absolute Gasteiger partial charge is 0.414 e. The SMILES string of the molecule is COC(=O)N1c2ccc3c(nc([C@@H](O)c4cc(F)cc(F)c4OC)n3[C@@H]3CCC[C@@H](C(C)=O)C3)c2CC[C@@H]1C. The van der Waals surface area contributed by atoms with Crippen LogP contribution in [0.15, 0.2) is 24.3 Å². The normalized spacial score (nSPS) is 21.9. The molecule has 1 amide bonds. The van der Waals surface area contributed by atoms with Crippen molar-refractivity contribution in [1.29, 1.82) is 0 Å². The second-order valence-electron chi connectivity index (χ2n) is 10.5. The number of aliphatic hydroxyl groups excluding tert-OH is 1. The number of amides is 1. The molecule has 1 N–H and O–H groups in total. The number of hydrogen-bond donors (Lipinski definition) is 1. The highest BCUT2D eigenvalue weighted by atomic mass is 19.1. The first-order valence-corrected chi connectivity index (χ1v) is 13.3. The van der Waals surface area contributed by atoms with Crippen LogP contribution in [0.5, 0.6) is 5.75 Å². The largest absolute Gasteiger partial charge is 0.493 e. The lowest BCUT2D eigenvalue weighted by Gasteiger charge is -2.34. The zero-order valence-corrected chi connectivity index (χ0v) is 22.5. The van der Waals surface area contributed by atoms with Crippen LogP contribution in [-0.4, -0.2) is 46.8 Å². The summed E-state index contributed by atoms with van der Waals surface area (Å²) in [6.45, 7) is 3.54. The van der Waals surface area contributed by atoms with Crippen molar-refractivity contribution in [2.75, 3.05) is 19.1 Å². The van der Waals surface area contributed by atoms with E-state index in [0.29, 0.717) is 36.5 Å². The molecule has 0 unspecified atom stereocenters. The van der Waals surface area contributed by atoms with Crippen LogP contribution in [0, 0.1) is 17.6 Å². The number of aromatic nitrogens is 2. The van der Waals surface area contributed by atoms with E-state index in [1.165, 1.54) is 14.2 Å². The Labute approximate surface area is 225 Å². The third-order valence-electron chi connectivity index (χ3n) is 8.22. The van der Waals surface area contributed by atoms with E-state index in [-0.39, 0.29) is 40.9 Å². The van der Waals surface area contributed by atoms with E-state index >= 15 is 0 Å². The molecule has 1 fully saturated rings. The highest BCUT2D eigenvalue weighted by molar-refractivity contribution is 5.95. The van der Waals surface area contributed by atoms with Gasteiger partial charge in [0.1, 0.15) is 23.5 Å². The average molecular weight is 542 g/mol. The third-order valence-corrected chi connectivity index (χ3v) is 8.22. The predicted molar refractivity (Wildman–Crippen MR) is 141 cm³/mol. The molecule has 3 aromatic rings. The molecular weight excluding hydrogens is 508 g/mol. The van der Waals surface area contributed by atoms with Crippen molar-refractivity contribution in [1.82, 2.24) is 9.55 Å². The number of carbonyl (C=O) groups excluding carboxylic acids is 2. The number of ether oxygens (including phenoxy) is 2. The number of benzene rings is 2. The Morgan fingerprint density at radius 2 is 1.92 bits per heavy atom. The summed E-state index contributed by atoms with van der Waals surface area (Å²) in [7, 11) is 2.60. The van der Waals surface area contributed by atoms with Gasteiger partial charge in [0.2, 0.25) is 0 Å². The molecule has 2 aromatic carbocycles. The summed E-state index contributed by atoms with van der Waals surface area (Å²) >= 11 is 0. The Balaban J connectivity index is 1.73. The Bertz CT molecular complexity index is 1440. The Morgan fingerprint density at radius 1 is 1.15 bits per heavy atom. The summed E-state index contributed by atoms with van der Waals surface area (Å²) in [5, 5.41) is 11.6. The minimum atomic E-state index is -1.51. The number of methoxy groups -OCH3 is 2. The minimum absolute atomic E-state index is 0.0795. The number of carbonyl (C=O) groups is 2. The fourth-order valence-electron chi connectivity index (χ4n) is 6.28. The van der Waals surface area contributed by atoms with E-state index in [2.05, 4.69) is 0 Å². The van der Waals surface area contributed by atoms with E-state index in [9.17, 15) is 23.5 Å². The molecular formula is C29H33F2N3O5. The summed E-state index contributed by atoms with van der Waals surface area (Å²) in [5.74, 6) is -1.84. The molecule has 0 radical (unpaired) electrons. The van der Waals surface area contributed by atoms with E-state index in [1.807, 2.05) is 23.6 Å². The van der Waals surface area contributed by atoms with Crippen LogP contribution in [0.25, 0.3) is 11.0 Å². The van der Waals surface area contributed by atoms with Crippen LogP contribution in [0.2, 0.25) is 0 Å². The van der Waals surface area contributed by atoms with Crippen LogP contribution in [0.3, 0.4) is 0 Å². The van der Waals surface area contributed by atoms with Gasteiger partial charge >= 0.3 is 6.09 Å². The van der Waals surface area contributed by atoms with Crippen molar-refractivity contribution >= 4 is 28.6 Å². The zero-order chi connectivity index (χ0) is 28.0. The number of aliphatic hydroxyl groups is 1. The molecule has 8 nitrogen and oxygen atoms in total. The van der Waals surface area contributed by atoms with Crippen LogP contribution in [0.4, 0.5) is 19.3 Å². The fraction of sp³-hybridized carbons (Fsp3) is 0.483. The molecule has 208 valence electrons. The second kappa shape index (κ2) is 10.6. The van der Waals surface area contributed by atoms with Crippen molar-refractivity contribution in [2.45, 2.75) is 70.6 Å². The molecule has 39 heavy (non-hydrogen) atoms. The van der Waals surface area contributed by atoms with Gasteiger partial charge in [-0.1, -0.05) is 6.42 Å². The highest BCUT2D eigenvalue weighted by Crippen LogP contribution is 2.43. The van der Waals surface area contributed by atoms with Gasteiger partial charge in [-0.05, 0) is 64.2 Å². The van der Waals surface area contributed by atoms with Crippen LogP contribution < -0.4 is 9.64 Å². The average Bonchev–Trinajstić information content (AvgIpc) is 3.31. The van der Waals surface area contributed by atoms with Crippen molar-refractivity contribution < 1.29 is 33.0 Å². The number of fused-ring (bicyclic) bond motifs is 3. The molecule has 5 rings (SSSR count). The topological polar surface area (TPSA) is 93.9 Å². The number of hydrogen-bond acceptors (Lipinski definition) is 6. The molecule has 10 heteroatoms. The minimum Gasteiger partial charge on any atom is -0.493 e. The van der Waals surface area contributed by atoms with E-state index < -0.39 is 23.8 Å². The highest BCUT2D eigenvalue weighted by Gasteiger charge is 2.35. The van der Waals surface area contributed by atoms with Crippen molar-refractivity contribution in [2.24, 2.45) is 5.92 Å². The molecule has 0 spiro atoms. The Hall–Kier alpha value is -3.53. The van der Waals surface area contributed by atoms with Gasteiger partial charge in [-0.2, -0.15) is 0 Å². The molecule has 2 aliphatic rings. The van der Waals surface area contributed by atoms with Gasteiger partial charge in [0.15, 0.2) is 11.6 Å². The van der Waals surface area contributed by atoms with E-state index in [4.69, 9.17) is 14.5 Å². The van der Waals surface area contributed by atoms with Gasteiger partial charge < -0.3 is 19.1 Å². The predicted octanol–water partition coefficient (Wildman–Crippen LogP) is 5.63. The maximum absolute atomic E-state index is 14.6. The first-order valence-electron chi connectivity index (χ1n) is 13.3. The number of imidazole rings is 1. The molecule has 2 heterocycles. The number of halogens is 2. The number of ketones is 1. The molecule has 1 aliphatic heterocycles. The van der Waals surface area contributed by atoms with Gasteiger partial charge in [-0.3, -0.25) is 9.69 Å². The summed E-state index contributed by atoms with van der Waals surface area (Å²) in [6, 6.07) is 5.22. The lowest BCUT2D eigenvalue weighted by molar-refractivity contribution is -0.122. The number of aryl methyl sites for hydroxylation is 1. The molecule has 1 saturated carbocycles. The van der Waals surface area contributed by atoms with E-state index in [1.54, 1.807) is 11.8 Å². The van der Waals surface area contributed by atoms with Gasteiger partial charge in [0, 0.05) is 35.2 Å². The van der Waals surface area contributed by atoms with Crippen LogP contribution in [-0.2, 0) is 16.0 Å². The third kappa shape index (κ3) is 4.64. The standard InChI is InChI=1S/C29H33F2N3O5/c1-15-8-9-20-23(33(15)29(37)39-4)10-11-24-25(20)32-28(34(24)19-7-5-6-17(12-19)16(2)35)26(36)21-13-18(30)14-22(31)27(21)38-3/h10-11,13-15,17,19,26,36H,5-9,12H2,1-4H3/t15-,17+,19+,26-/m0/s1. The number of Topliss-reactive ketones (excluding diaryl/α,β-unsaturated/α-hetero) is 1. The van der Waals surface area contributed by atoms with Gasteiger partial charge in [0.05, 0.1) is 30.9 Å². The van der Waals surface area contributed by atoms with Crippen molar-refractivity contribution in [3.63, 3.8) is 0 Å². The summed E-state index contributed by atoms with van der Waals surface area (Å²) in [5.41, 5.74) is 2.76. The summed E-state index contributed by atoms with van der Waals surface area (Å²) < 4.78 is 41.1. The first kappa shape index (κ1) is 27.1. The number of rotatable bonds is 5. The number of anilines is 1. The molecule has 4 atom stereocenters. The molecule has 0 saturated heterocycles. The maximum Gasteiger partial charge on any atom is 0.414 e. The van der Waals surface area contributed by atoms with Crippen molar-refractivity contribution in [3.8, 4) is 5.75 Å². The molecule has 1 aromatic heterocycles. The summed E-state index contributed by atoms with van der Waals surface area (Å²) in [4.78, 5) is 31.4. The Morgan fingerprint density at radius 3 is 2.62 bits per heavy atom. The summed E-state index contributed by atoms with van der Waals surface area (Å²) in [6.07, 6.45) is 2.28. The lowest BCUT2D eigenvalue weighted by atomic mass is 9.83. The van der Waals surface area contributed by atoms with Gasteiger partial charge in [-0.15, -0.1) is 0 Å². The van der Waals surface area contributed by atoms with E-state index in [0.717, 1.165) is 36.4 Å². The molecule has 1 aliphatic carbocycles. The lowest BCUT2D eigenvalue weighted by Crippen LogP contribution is -2.42. The van der Waals surface area contributed by atoms with Crippen LogP contribution >= 0.6 is 0 Å². The second-order valence-corrected chi connectivity index (χ2v) is 10.5. The Kier molecular flexibility index (Phi) is 7.33. The quantitative estimate of drug-likeness (QED) is 0.450. The number of nitrogens with zero attached hydrogens (tertiary/aromatic N) is 3. The monoisotopic (exact) mass is 541 g/mol. The van der Waals surface area contributed by atoms with Crippen LogP contribution in [0.1, 0.15) is 75.0 Å². The van der Waals surface area contributed by atoms with Crippen molar-refractivity contribution in [3.05, 3.63) is 52.9 Å².